The molecular formula is C54H46N2OSi. The standard InChI is InChI=1S/C54H46N2OSi/c1-58(2,3)48-31-28-45(29-32-48)56(44-19-11-6-12-20-44)47-30-34-52-51-33-24-39(35-53(51)49-21-13-14-22-50(49)54(52)37-47)23-25-40-26-27-46(36-41(40)38-57)55(42-15-7-4-8-16-42)43-17-9-5-10-18-43/h4-37,57H,38H2,1-3H3. The van der Waals surface area contributed by atoms with Crippen LogP contribution >= 0.6 is 0 Å². The van der Waals surface area contributed by atoms with Gasteiger partial charge in [-0.25, -0.2) is 0 Å². The largest absolute Gasteiger partial charge is 0.392 e. The van der Waals surface area contributed by atoms with Gasteiger partial charge in [-0.3, -0.25) is 0 Å². The smallest absolute Gasteiger partial charge is 0.0775 e. The normalized spacial score (nSPS) is 11.8. The second-order valence-corrected chi connectivity index (χ2v) is 21.0. The van der Waals surface area contributed by atoms with E-state index < -0.39 is 8.07 Å². The number of rotatable bonds is 10. The molecular weight excluding hydrogens is 721 g/mol. The van der Waals surface area contributed by atoms with Crippen LogP contribution in [0.25, 0.3) is 44.5 Å². The van der Waals surface area contributed by atoms with Crippen molar-refractivity contribution < 1.29 is 5.11 Å². The number of benzene rings is 9. The minimum atomic E-state index is -1.44. The molecule has 0 amide bonds. The van der Waals surface area contributed by atoms with Gasteiger partial charge < -0.3 is 14.9 Å². The molecule has 0 fully saturated rings. The van der Waals surface area contributed by atoms with E-state index in [0.717, 1.165) is 50.8 Å². The molecule has 0 aromatic heterocycles. The molecule has 9 aromatic rings. The summed E-state index contributed by atoms with van der Waals surface area (Å²) < 4.78 is 0. The van der Waals surface area contributed by atoms with Crippen molar-refractivity contribution in [2.24, 2.45) is 0 Å². The van der Waals surface area contributed by atoms with Crippen LogP contribution in [-0.4, -0.2) is 13.2 Å². The Morgan fingerprint density at radius 2 is 0.828 bits per heavy atom. The van der Waals surface area contributed by atoms with E-state index in [9.17, 15) is 5.11 Å². The fourth-order valence-corrected chi connectivity index (χ4v) is 9.32. The lowest BCUT2D eigenvalue weighted by Gasteiger charge is -2.27. The van der Waals surface area contributed by atoms with E-state index in [4.69, 9.17) is 0 Å². The van der Waals surface area contributed by atoms with Gasteiger partial charge in [0.2, 0.25) is 0 Å². The van der Waals surface area contributed by atoms with Gasteiger partial charge in [-0.05, 0) is 128 Å². The second kappa shape index (κ2) is 15.7. The highest BCUT2D eigenvalue weighted by atomic mass is 28.3. The monoisotopic (exact) mass is 766 g/mol. The van der Waals surface area contributed by atoms with Gasteiger partial charge in [-0.2, -0.15) is 0 Å². The van der Waals surface area contributed by atoms with Crippen molar-refractivity contribution in [3.63, 3.8) is 0 Å². The maximum absolute atomic E-state index is 10.6. The molecule has 1 N–H and O–H groups in total. The summed E-state index contributed by atoms with van der Waals surface area (Å²) in [5.74, 6) is 0. The summed E-state index contributed by atoms with van der Waals surface area (Å²) in [7, 11) is -1.44. The molecule has 0 unspecified atom stereocenters. The van der Waals surface area contributed by atoms with Gasteiger partial charge in [0.05, 0.1) is 14.7 Å². The van der Waals surface area contributed by atoms with Crippen molar-refractivity contribution in [2.45, 2.75) is 26.2 Å². The van der Waals surface area contributed by atoms with E-state index in [-0.39, 0.29) is 6.61 Å². The molecule has 3 nitrogen and oxygen atoms in total. The fourth-order valence-electron chi connectivity index (χ4n) is 8.16. The fraction of sp³-hybridized carbons (Fsp3) is 0.0741. The molecule has 0 aliphatic heterocycles. The van der Waals surface area contributed by atoms with Crippen molar-refractivity contribution >= 4 is 91.9 Å². The van der Waals surface area contributed by atoms with Crippen molar-refractivity contribution in [3.05, 3.63) is 211 Å². The number of anilines is 6. The van der Waals surface area contributed by atoms with Crippen LogP contribution in [-0.2, 0) is 6.61 Å². The number of aliphatic hydroxyl groups is 1. The summed E-state index contributed by atoms with van der Waals surface area (Å²) in [6.45, 7) is 7.13. The minimum absolute atomic E-state index is 0.0628. The third-order valence-corrected chi connectivity index (χ3v) is 13.2. The quantitative estimate of drug-likeness (QED) is 0.0853. The first-order chi connectivity index (χ1) is 28.4. The van der Waals surface area contributed by atoms with Gasteiger partial charge >= 0.3 is 0 Å². The molecule has 4 heteroatoms. The molecule has 0 radical (unpaired) electrons. The zero-order chi connectivity index (χ0) is 39.6. The average molecular weight is 767 g/mol. The third kappa shape index (κ3) is 7.20. The Kier molecular flexibility index (Phi) is 9.96. The summed E-state index contributed by atoms with van der Waals surface area (Å²) in [5, 5.41) is 19.4. The Hall–Kier alpha value is -6.72. The average Bonchev–Trinajstić information content (AvgIpc) is 3.27. The number of fused-ring (bicyclic) bond motifs is 6. The van der Waals surface area contributed by atoms with Crippen LogP contribution in [0.15, 0.2) is 194 Å². The van der Waals surface area contributed by atoms with Gasteiger partial charge in [-0.1, -0.05) is 152 Å². The summed E-state index contributed by atoms with van der Waals surface area (Å²) in [6, 6.07) is 69.4. The van der Waals surface area contributed by atoms with Gasteiger partial charge in [0.15, 0.2) is 0 Å². The molecule has 9 rings (SSSR count). The Balaban J connectivity index is 1.10. The van der Waals surface area contributed by atoms with Crippen LogP contribution in [0, 0.1) is 0 Å². The van der Waals surface area contributed by atoms with Crippen LogP contribution in [0.3, 0.4) is 0 Å². The molecule has 282 valence electrons. The van der Waals surface area contributed by atoms with E-state index >= 15 is 0 Å². The molecule has 0 bridgehead atoms. The lowest BCUT2D eigenvalue weighted by atomic mass is 9.92. The van der Waals surface area contributed by atoms with Crippen LogP contribution in [0.4, 0.5) is 34.1 Å². The van der Waals surface area contributed by atoms with E-state index in [0.29, 0.717) is 0 Å². The lowest BCUT2D eigenvalue weighted by Crippen LogP contribution is -2.37. The van der Waals surface area contributed by atoms with Crippen LogP contribution in [0.1, 0.15) is 16.7 Å². The number of aliphatic hydroxyl groups excluding tert-OH is 1. The summed E-state index contributed by atoms with van der Waals surface area (Å²) in [4.78, 5) is 4.59. The van der Waals surface area contributed by atoms with Crippen molar-refractivity contribution in [1.82, 2.24) is 0 Å². The molecule has 0 saturated heterocycles. The Labute approximate surface area is 342 Å². The SMILES string of the molecule is C[Si](C)(C)c1ccc(N(c2ccccc2)c2ccc3c4ccc(C=Cc5ccc(N(c6ccccc6)c6ccccc6)cc5CO)cc4c4ccccc4c3c2)cc1. The van der Waals surface area contributed by atoms with E-state index in [2.05, 4.69) is 224 Å². The lowest BCUT2D eigenvalue weighted by molar-refractivity contribution is 0.281. The van der Waals surface area contributed by atoms with Crippen molar-refractivity contribution in [2.75, 3.05) is 9.80 Å². The van der Waals surface area contributed by atoms with Crippen LogP contribution < -0.4 is 15.0 Å². The minimum Gasteiger partial charge on any atom is -0.392 e. The highest BCUT2D eigenvalue weighted by Gasteiger charge is 2.19. The molecule has 0 aliphatic carbocycles. The molecule has 0 atom stereocenters. The summed E-state index contributed by atoms with van der Waals surface area (Å²) in [6.07, 6.45) is 4.28. The predicted molar refractivity (Wildman–Crippen MR) is 253 cm³/mol. The van der Waals surface area contributed by atoms with Crippen LogP contribution in [0.5, 0.6) is 0 Å². The topological polar surface area (TPSA) is 26.7 Å². The van der Waals surface area contributed by atoms with E-state index in [1.165, 1.54) is 37.5 Å². The summed E-state index contributed by atoms with van der Waals surface area (Å²) >= 11 is 0. The zero-order valence-electron chi connectivity index (χ0n) is 33.2. The molecule has 0 aliphatic rings. The first-order valence-electron chi connectivity index (χ1n) is 20.0. The predicted octanol–water partition coefficient (Wildman–Crippen LogP) is 14.3. The van der Waals surface area contributed by atoms with Gasteiger partial charge in [0.1, 0.15) is 0 Å². The Morgan fingerprint density at radius 1 is 0.397 bits per heavy atom. The third-order valence-electron chi connectivity index (χ3n) is 11.1. The number of nitrogens with zero attached hydrogens (tertiary/aromatic N) is 2. The van der Waals surface area contributed by atoms with Gasteiger partial charge in [0.25, 0.3) is 0 Å². The Morgan fingerprint density at radius 3 is 1.36 bits per heavy atom. The number of para-hydroxylation sites is 3. The maximum atomic E-state index is 10.6. The number of hydrogen-bond donors (Lipinski definition) is 1. The van der Waals surface area contributed by atoms with E-state index in [1.807, 2.05) is 12.1 Å². The first kappa shape index (κ1) is 36.9. The number of hydrogen-bond acceptors (Lipinski definition) is 3. The van der Waals surface area contributed by atoms with Crippen molar-refractivity contribution in [3.8, 4) is 0 Å². The molecule has 0 saturated carbocycles. The molecule has 9 aromatic carbocycles. The van der Waals surface area contributed by atoms with Gasteiger partial charge in [-0.15, -0.1) is 0 Å². The van der Waals surface area contributed by atoms with Crippen molar-refractivity contribution in [1.29, 1.82) is 0 Å². The summed E-state index contributed by atoms with van der Waals surface area (Å²) in [5.41, 5.74) is 9.50. The van der Waals surface area contributed by atoms with E-state index in [1.54, 1.807) is 0 Å². The maximum Gasteiger partial charge on any atom is 0.0775 e. The molecule has 0 heterocycles. The highest BCUT2D eigenvalue weighted by Crippen LogP contribution is 2.41. The van der Waals surface area contributed by atoms with Crippen LogP contribution in [0.2, 0.25) is 19.6 Å². The highest BCUT2D eigenvalue weighted by molar-refractivity contribution is 6.88. The molecule has 0 spiro atoms. The molecule has 58 heavy (non-hydrogen) atoms. The first-order valence-corrected chi connectivity index (χ1v) is 23.5. The second-order valence-electron chi connectivity index (χ2n) is 15.9. The Bertz CT molecular complexity index is 2840. The van der Waals surface area contributed by atoms with Gasteiger partial charge in [0, 0.05) is 34.1 Å². The zero-order valence-corrected chi connectivity index (χ0v) is 34.2.